The summed E-state index contributed by atoms with van der Waals surface area (Å²) in [5.74, 6) is -2.10. The highest BCUT2D eigenvalue weighted by molar-refractivity contribution is 6.08. The Balaban J connectivity index is 1.49. The van der Waals surface area contributed by atoms with Crippen LogP contribution in [-0.2, 0) is 19.1 Å². The van der Waals surface area contributed by atoms with Crippen LogP contribution in [0.4, 0.5) is 9.18 Å². The second kappa shape index (κ2) is 8.42. The molecule has 2 N–H and O–H groups in total. The van der Waals surface area contributed by atoms with Crippen molar-refractivity contribution in [3.05, 3.63) is 41.7 Å². The monoisotopic (exact) mass is 403 g/mol. The summed E-state index contributed by atoms with van der Waals surface area (Å²) in [6.45, 7) is 1.41. The molecule has 1 saturated heterocycles. The fraction of sp³-hybridized carbons (Fsp3) is 0.400. The van der Waals surface area contributed by atoms with E-state index in [0.717, 1.165) is 18.9 Å². The van der Waals surface area contributed by atoms with Crippen LogP contribution in [0.5, 0.6) is 0 Å². The van der Waals surface area contributed by atoms with E-state index in [2.05, 4.69) is 17.7 Å². The average molecular weight is 403 g/mol. The van der Waals surface area contributed by atoms with Gasteiger partial charge in [-0.3, -0.25) is 15.0 Å². The van der Waals surface area contributed by atoms with Crippen molar-refractivity contribution >= 4 is 29.9 Å². The Morgan fingerprint density at radius 2 is 2.07 bits per heavy atom. The molecule has 1 aliphatic heterocycles. The highest BCUT2D eigenvalue weighted by Crippen LogP contribution is 2.35. The fourth-order valence-electron chi connectivity index (χ4n) is 3.43. The second-order valence-corrected chi connectivity index (χ2v) is 7.37. The minimum Gasteiger partial charge on any atom is -0.452 e. The van der Waals surface area contributed by atoms with Crippen LogP contribution in [-0.4, -0.2) is 41.0 Å². The van der Waals surface area contributed by atoms with Gasteiger partial charge >= 0.3 is 12.0 Å². The standard InChI is InChI=1S/C20H22FN3O5/c1-13-7-9-20(10-8-13)18(27)24(19(28)22-20)23-16(25)12-29-17(26)6-5-14-3-2-4-15(21)11-14/h2-6,11,13H,7-10,12H2,1H3,(H,22,28)(H,23,25)/b6-5+. The molecule has 3 rings (SSSR count). The van der Waals surface area contributed by atoms with Gasteiger partial charge in [0.1, 0.15) is 11.4 Å². The lowest BCUT2D eigenvalue weighted by atomic mass is 9.77. The third-order valence-corrected chi connectivity index (χ3v) is 5.13. The average Bonchev–Trinajstić information content (AvgIpc) is 2.91. The predicted molar refractivity (Wildman–Crippen MR) is 100 cm³/mol. The number of rotatable bonds is 5. The van der Waals surface area contributed by atoms with E-state index in [1.54, 1.807) is 6.07 Å². The summed E-state index contributed by atoms with van der Waals surface area (Å²) in [6.07, 6.45) is 5.05. The summed E-state index contributed by atoms with van der Waals surface area (Å²) in [5, 5.41) is 3.32. The van der Waals surface area contributed by atoms with Crippen LogP contribution in [0.1, 0.15) is 38.2 Å². The van der Waals surface area contributed by atoms with E-state index in [9.17, 15) is 23.6 Å². The molecule has 1 aliphatic carbocycles. The number of carbonyl (C=O) groups excluding carboxylic acids is 4. The van der Waals surface area contributed by atoms with Crippen LogP contribution in [0.3, 0.4) is 0 Å². The van der Waals surface area contributed by atoms with Crippen LogP contribution >= 0.6 is 0 Å². The Morgan fingerprint density at radius 3 is 2.76 bits per heavy atom. The summed E-state index contributed by atoms with van der Waals surface area (Å²) in [7, 11) is 0. The number of urea groups is 1. The molecule has 1 aromatic carbocycles. The summed E-state index contributed by atoms with van der Waals surface area (Å²) < 4.78 is 17.9. The molecule has 0 aromatic heterocycles. The van der Waals surface area contributed by atoms with Crippen LogP contribution < -0.4 is 10.7 Å². The zero-order valence-corrected chi connectivity index (χ0v) is 15.9. The zero-order chi connectivity index (χ0) is 21.0. The summed E-state index contributed by atoms with van der Waals surface area (Å²) >= 11 is 0. The number of esters is 1. The van der Waals surface area contributed by atoms with Crippen molar-refractivity contribution in [2.24, 2.45) is 5.92 Å². The fourth-order valence-corrected chi connectivity index (χ4v) is 3.43. The SMILES string of the molecule is CC1CCC2(CC1)NC(=O)N(NC(=O)COC(=O)/C=C/c1cccc(F)c1)C2=O. The van der Waals surface area contributed by atoms with Crippen molar-refractivity contribution in [3.63, 3.8) is 0 Å². The van der Waals surface area contributed by atoms with Crippen molar-refractivity contribution in [1.29, 1.82) is 0 Å². The maximum Gasteiger partial charge on any atom is 0.344 e. The molecule has 8 nitrogen and oxygen atoms in total. The minimum absolute atomic E-state index is 0.446. The third kappa shape index (κ3) is 4.79. The number of nitrogens with one attached hydrogen (secondary N) is 2. The molecule has 9 heteroatoms. The number of halogens is 1. The van der Waals surface area contributed by atoms with Gasteiger partial charge in [-0.05, 0) is 55.4 Å². The molecule has 2 fully saturated rings. The largest absolute Gasteiger partial charge is 0.452 e. The van der Waals surface area contributed by atoms with Crippen LogP contribution in [0.25, 0.3) is 6.08 Å². The van der Waals surface area contributed by atoms with E-state index in [-0.39, 0.29) is 0 Å². The highest BCUT2D eigenvalue weighted by Gasteiger charge is 2.52. The Labute approximate surface area is 167 Å². The lowest BCUT2D eigenvalue weighted by molar-refractivity contribution is -0.147. The first kappa shape index (κ1) is 20.5. The number of amides is 4. The first-order chi connectivity index (χ1) is 13.8. The summed E-state index contributed by atoms with van der Waals surface area (Å²) in [4.78, 5) is 48.5. The Hall–Kier alpha value is -3.23. The zero-order valence-electron chi connectivity index (χ0n) is 15.9. The Morgan fingerprint density at radius 1 is 1.34 bits per heavy atom. The number of hydrogen-bond acceptors (Lipinski definition) is 5. The van der Waals surface area contributed by atoms with Crippen LogP contribution in [0.2, 0.25) is 0 Å². The van der Waals surface area contributed by atoms with Gasteiger partial charge < -0.3 is 10.1 Å². The first-order valence-electron chi connectivity index (χ1n) is 9.36. The van der Waals surface area contributed by atoms with Gasteiger partial charge in [-0.2, -0.15) is 5.01 Å². The van der Waals surface area contributed by atoms with Crippen molar-refractivity contribution in [3.8, 4) is 0 Å². The van der Waals surface area contributed by atoms with Gasteiger partial charge in [0.2, 0.25) is 0 Å². The van der Waals surface area contributed by atoms with E-state index < -0.39 is 41.8 Å². The number of hydrazine groups is 1. The van der Waals surface area contributed by atoms with Gasteiger partial charge in [-0.15, -0.1) is 0 Å². The van der Waals surface area contributed by atoms with Gasteiger partial charge in [-0.25, -0.2) is 14.0 Å². The maximum atomic E-state index is 13.1. The van der Waals surface area contributed by atoms with Crippen molar-refractivity contribution < 1.29 is 28.3 Å². The van der Waals surface area contributed by atoms with Crippen molar-refractivity contribution in [2.45, 2.75) is 38.1 Å². The smallest absolute Gasteiger partial charge is 0.344 e. The number of hydrogen-bond donors (Lipinski definition) is 2. The summed E-state index contributed by atoms with van der Waals surface area (Å²) in [5.41, 5.74) is 1.67. The number of carbonyl (C=O) groups is 4. The maximum absolute atomic E-state index is 13.1. The molecule has 0 unspecified atom stereocenters. The van der Waals surface area contributed by atoms with Crippen LogP contribution in [0.15, 0.2) is 30.3 Å². The molecular formula is C20H22FN3O5. The lowest BCUT2D eigenvalue weighted by Crippen LogP contribution is -2.52. The van der Waals surface area contributed by atoms with Gasteiger partial charge in [-0.1, -0.05) is 19.1 Å². The number of imide groups is 1. The highest BCUT2D eigenvalue weighted by atomic mass is 19.1. The molecule has 4 amide bonds. The molecule has 29 heavy (non-hydrogen) atoms. The van der Waals surface area contributed by atoms with Crippen LogP contribution in [0, 0.1) is 11.7 Å². The quantitative estimate of drug-likeness (QED) is 0.444. The second-order valence-electron chi connectivity index (χ2n) is 7.37. The Kier molecular flexibility index (Phi) is 5.95. The summed E-state index contributed by atoms with van der Waals surface area (Å²) in [6, 6.07) is 4.89. The van der Waals surface area contributed by atoms with E-state index in [0.29, 0.717) is 29.3 Å². The van der Waals surface area contributed by atoms with Crippen molar-refractivity contribution in [2.75, 3.05) is 6.61 Å². The molecule has 154 valence electrons. The Bertz CT molecular complexity index is 861. The molecule has 1 saturated carbocycles. The van der Waals surface area contributed by atoms with E-state index in [4.69, 9.17) is 4.74 Å². The number of ether oxygens (including phenoxy) is 1. The number of benzene rings is 1. The normalized spacial score (nSPS) is 24.1. The molecule has 1 aromatic rings. The van der Waals surface area contributed by atoms with Gasteiger partial charge in [0.05, 0.1) is 0 Å². The predicted octanol–water partition coefficient (Wildman–Crippen LogP) is 1.91. The van der Waals surface area contributed by atoms with Gasteiger partial charge in [0.15, 0.2) is 6.61 Å². The van der Waals surface area contributed by atoms with E-state index in [1.807, 2.05) is 0 Å². The minimum atomic E-state index is -0.971. The number of nitrogens with zero attached hydrogens (tertiary/aromatic N) is 1. The molecular weight excluding hydrogens is 381 g/mol. The van der Waals surface area contributed by atoms with Crippen molar-refractivity contribution in [1.82, 2.24) is 15.8 Å². The molecule has 1 heterocycles. The lowest BCUT2D eigenvalue weighted by Gasteiger charge is -2.33. The molecule has 1 spiro atoms. The third-order valence-electron chi connectivity index (χ3n) is 5.13. The van der Waals surface area contributed by atoms with E-state index >= 15 is 0 Å². The molecule has 0 radical (unpaired) electrons. The topological polar surface area (TPSA) is 105 Å². The van der Waals surface area contributed by atoms with Gasteiger partial charge in [0.25, 0.3) is 11.8 Å². The molecule has 0 atom stereocenters. The van der Waals surface area contributed by atoms with E-state index in [1.165, 1.54) is 24.3 Å². The molecule has 2 aliphatic rings. The molecule has 0 bridgehead atoms. The van der Waals surface area contributed by atoms with Gasteiger partial charge in [0, 0.05) is 6.08 Å². The first-order valence-corrected chi connectivity index (χ1v) is 9.36.